The van der Waals surface area contributed by atoms with Crippen LogP contribution in [0.1, 0.15) is 68.4 Å². The largest absolute Gasteiger partial charge is 0.436 e. The number of hydrogen-bond donors (Lipinski definition) is 1. The third-order valence-corrected chi connectivity index (χ3v) is 5.97. The monoisotopic (exact) mass is 426 g/mol. The first-order chi connectivity index (χ1) is 15.2. The van der Waals surface area contributed by atoms with Crippen molar-refractivity contribution in [2.45, 2.75) is 52.4 Å². The molecule has 1 heterocycles. The summed E-state index contributed by atoms with van der Waals surface area (Å²) in [5.41, 5.74) is 6.29. The van der Waals surface area contributed by atoms with Gasteiger partial charge in [0.2, 0.25) is 5.89 Å². The van der Waals surface area contributed by atoms with Crippen LogP contribution in [-0.4, -0.2) is 10.9 Å². The summed E-state index contributed by atoms with van der Waals surface area (Å²) in [5, 5.41) is 2.98. The molecule has 1 aromatic heterocycles. The van der Waals surface area contributed by atoms with Gasteiger partial charge >= 0.3 is 0 Å². The van der Waals surface area contributed by atoms with Gasteiger partial charge in [-0.05, 0) is 71.3 Å². The van der Waals surface area contributed by atoms with Crippen LogP contribution in [0.25, 0.3) is 22.6 Å². The number of aromatic nitrogens is 1. The number of amides is 1. The first kappa shape index (κ1) is 21.8. The second-order valence-electron chi connectivity index (χ2n) is 9.42. The second-order valence-corrected chi connectivity index (χ2v) is 9.42. The molecule has 3 aromatic carbocycles. The molecule has 1 atom stereocenters. The van der Waals surface area contributed by atoms with Crippen molar-refractivity contribution < 1.29 is 9.21 Å². The number of benzene rings is 3. The van der Waals surface area contributed by atoms with Crippen molar-refractivity contribution in [2.24, 2.45) is 0 Å². The van der Waals surface area contributed by atoms with Crippen LogP contribution in [0, 0.1) is 0 Å². The molecule has 164 valence electrons. The Hall–Kier alpha value is -3.40. The molecule has 0 aliphatic rings. The molecule has 0 saturated heterocycles. The van der Waals surface area contributed by atoms with E-state index in [1.165, 1.54) is 11.1 Å². The highest BCUT2D eigenvalue weighted by molar-refractivity contribution is 6.04. The molecule has 4 nitrogen and oxygen atoms in total. The Balaban J connectivity index is 1.55. The maximum absolute atomic E-state index is 12.7. The van der Waals surface area contributed by atoms with Crippen molar-refractivity contribution >= 4 is 22.7 Å². The van der Waals surface area contributed by atoms with Gasteiger partial charge in [-0.15, -0.1) is 0 Å². The van der Waals surface area contributed by atoms with Crippen LogP contribution >= 0.6 is 0 Å². The van der Waals surface area contributed by atoms with E-state index < -0.39 is 0 Å². The number of rotatable bonds is 5. The Labute approximate surface area is 189 Å². The fourth-order valence-corrected chi connectivity index (χ4v) is 3.67. The Morgan fingerprint density at radius 3 is 2.47 bits per heavy atom. The fourth-order valence-electron chi connectivity index (χ4n) is 3.67. The summed E-state index contributed by atoms with van der Waals surface area (Å²) >= 11 is 0. The average molecular weight is 427 g/mol. The molecular formula is C28H30N2O2. The van der Waals surface area contributed by atoms with E-state index in [0.29, 0.717) is 23.1 Å². The number of oxazole rings is 1. The van der Waals surface area contributed by atoms with Gasteiger partial charge in [0.1, 0.15) is 5.52 Å². The quantitative estimate of drug-likeness (QED) is 0.358. The standard InChI is InChI=1S/C28H30N2O2/c1-6-18(2)20-12-15-25-24(17-20)30-27(32-25)21-8-7-9-23(16-21)29-26(31)19-10-13-22(14-11-19)28(3,4)5/h7-18H,6H2,1-5H3,(H,29,31)/t18-/m1/s1. The first-order valence-electron chi connectivity index (χ1n) is 11.2. The number of nitrogens with zero attached hydrogens (tertiary/aromatic N) is 1. The van der Waals surface area contributed by atoms with Crippen LogP contribution in [0.4, 0.5) is 5.69 Å². The van der Waals surface area contributed by atoms with Crippen LogP contribution in [0.5, 0.6) is 0 Å². The van der Waals surface area contributed by atoms with Crippen molar-refractivity contribution in [2.75, 3.05) is 5.32 Å². The van der Waals surface area contributed by atoms with E-state index in [2.05, 4.69) is 52.1 Å². The highest BCUT2D eigenvalue weighted by Crippen LogP contribution is 2.29. The van der Waals surface area contributed by atoms with Crippen LogP contribution < -0.4 is 5.32 Å². The summed E-state index contributed by atoms with van der Waals surface area (Å²) in [4.78, 5) is 17.4. The van der Waals surface area contributed by atoms with Crippen LogP contribution in [0.3, 0.4) is 0 Å². The van der Waals surface area contributed by atoms with Gasteiger partial charge in [-0.1, -0.05) is 58.9 Å². The molecule has 4 rings (SSSR count). The predicted molar refractivity (Wildman–Crippen MR) is 131 cm³/mol. The van der Waals surface area contributed by atoms with Gasteiger partial charge in [0.25, 0.3) is 5.91 Å². The molecule has 0 radical (unpaired) electrons. The van der Waals surface area contributed by atoms with Crippen molar-refractivity contribution in [3.8, 4) is 11.5 Å². The van der Waals surface area contributed by atoms with E-state index in [4.69, 9.17) is 9.40 Å². The molecule has 0 saturated carbocycles. The topological polar surface area (TPSA) is 55.1 Å². The zero-order chi connectivity index (χ0) is 22.9. The lowest BCUT2D eigenvalue weighted by Gasteiger charge is -2.19. The van der Waals surface area contributed by atoms with Crippen molar-refractivity contribution in [3.05, 3.63) is 83.4 Å². The number of hydrogen-bond acceptors (Lipinski definition) is 3. The van der Waals surface area contributed by atoms with Gasteiger partial charge in [-0.2, -0.15) is 0 Å². The van der Waals surface area contributed by atoms with E-state index in [0.717, 1.165) is 23.1 Å². The molecule has 0 spiro atoms. The Morgan fingerprint density at radius 1 is 1.03 bits per heavy atom. The molecule has 1 N–H and O–H groups in total. The minimum Gasteiger partial charge on any atom is -0.436 e. The molecule has 0 aliphatic carbocycles. The van der Waals surface area contributed by atoms with Crippen LogP contribution in [-0.2, 0) is 5.41 Å². The van der Waals surface area contributed by atoms with E-state index in [9.17, 15) is 4.79 Å². The minimum atomic E-state index is -0.140. The lowest BCUT2D eigenvalue weighted by molar-refractivity contribution is 0.102. The van der Waals surface area contributed by atoms with Gasteiger partial charge in [-0.25, -0.2) is 4.98 Å². The molecular weight excluding hydrogens is 396 g/mol. The summed E-state index contributed by atoms with van der Waals surface area (Å²) in [6.45, 7) is 10.9. The summed E-state index contributed by atoms with van der Waals surface area (Å²) < 4.78 is 5.99. The number of nitrogens with one attached hydrogen (secondary N) is 1. The Morgan fingerprint density at radius 2 is 1.78 bits per heavy atom. The van der Waals surface area contributed by atoms with Gasteiger partial charge in [0.05, 0.1) is 0 Å². The smallest absolute Gasteiger partial charge is 0.255 e. The highest BCUT2D eigenvalue weighted by atomic mass is 16.3. The van der Waals surface area contributed by atoms with Crippen molar-refractivity contribution in [3.63, 3.8) is 0 Å². The summed E-state index contributed by atoms with van der Waals surface area (Å²) in [7, 11) is 0. The van der Waals surface area contributed by atoms with Crippen molar-refractivity contribution in [1.29, 1.82) is 0 Å². The second kappa shape index (κ2) is 8.62. The highest BCUT2D eigenvalue weighted by Gasteiger charge is 2.15. The molecule has 0 bridgehead atoms. The Bertz CT molecular complexity index is 1250. The SMILES string of the molecule is CC[C@@H](C)c1ccc2oc(-c3cccc(NC(=O)c4ccc(C(C)(C)C)cc4)c3)nc2c1. The molecule has 0 unspecified atom stereocenters. The van der Waals surface area contributed by atoms with E-state index in [1.54, 1.807) is 0 Å². The predicted octanol–water partition coefficient (Wildman–Crippen LogP) is 7.56. The Kier molecular flexibility index (Phi) is 5.88. The number of fused-ring (bicyclic) bond motifs is 1. The van der Waals surface area contributed by atoms with E-state index in [-0.39, 0.29) is 11.3 Å². The molecule has 0 fully saturated rings. The number of anilines is 1. The van der Waals surface area contributed by atoms with E-state index >= 15 is 0 Å². The molecule has 4 heteroatoms. The zero-order valence-electron chi connectivity index (χ0n) is 19.4. The molecule has 32 heavy (non-hydrogen) atoms. The van der Waals surface area contributed by atoms with Crippen LogP contribution in [0.2, 0.25) is 0 Å². The number of carbonyl (C=O) groups excluding carboxylic acids is 1. The van der Waals surface area contributed by atoms with Crippen molar-refractivity contribution in [1.82, 2.24) is 4.98 Å². The third kappa shape index (κ3) is 4.59. The zero-order valence-corrected chi connectivity index (χ0v) is 19.4. The summed E-state index contributed by atoms with van der Waals surface area (Å²) in [6.07, 6.45) is 1.08. The first-order valence-corrected chi connectivity index (χ1v) is 11.2. The molecule has 1 amide bonds. The molecule has 0 aliphatic heterocycles. The fraction of sp³-hybridized carbons (Fsp3) is 0.286. The van der Waals surface area contributed by atoms with Gasteiger partial charge < -0.3 is 9.73 Å². The maximum Gasteiger partial charge on any atom is 0.255 e. The van der Waals surface area contributed by atoms with Crippen LogP contribution in [0.15, 0.2) is 71.1 Å². The lowest BCUT2D eigenvalue weighted by atomic mass is 9.87. The maximum atomic E-state index is 12.7. The number of carbonyl (C=O) groups is 1. The lowest BCUT2D eigenvalue weighted by Crippen LogP contribution is -2.14. The van der Waals surface area contributed by atoms with Gasteiger partial charge in [0, 0.05) is 16.8 Å². The molecule has 4 aromatic rings. The third-order valence-electron chi connectivity index (χ3n) is 5.97. The van der Waals surface area contributed by atoms with E-state index in [1.807, 2.05) is 54.6 Å². The van der Waals surface area contributed by atoms with Gasteiger partial charge in [-0.3, -0.25) is 4.79 Å². The van der Waals surface area contributed by atoms with Gasteiger partial charge in [0.15, 0.2) is 5.58 Å². The summed E-state index contributed by atoms with van der Waals surface area (Å²) in [5.74, 6) is 0.890. The normalized spacial score (nSPS) is 12.7. The average Bonchev–Trinajstić information content (AvgIpc) is 3.21. The minimum absolute atomic E-state index is 0.0538. The summed E-state index contributed by atoms with van der Waals surface area (Å²) in [6, 6.07) is 21.5.